The summed E-state index contributed by atoms with van der Waals surface area (Å²) in [6.07, 6.45) is 5.84. The lowest BCUT2D eigenvalue weighted by Gasteiger charge is -2.12. The van der Waals surface area contributed by atoms with Gasteiger partial charge in [0.25, 0.3) is 0 Å². The number of hydrogen-bond acceptors (Lipinski definition) is 1. The first-order valence-electron chi connectivity index (χ1n) is 5.44. The van der Waals surface area contributed by atoms with Crippen molar-refractivity contribution in [2.45, 2.75) is 47.0 Å². The van der Waals surface area contributed by atoms with Crippen LogP contribution in [0.2, 0.25) is 0 Å². The average molecular weight is 183 g/mol. The molecule has 0 radical (unpaired) electrons. The Morgan fingerprint density at radius 2 is 1.54 bits per heavy atom. The third-order valence-corrected chi connectivity index (χ3v) is 1.94. The number of hydrogen-bond donors (Lipinski definition) is 1. The number of allylic oxidation sites excluding steroid dienone is 1. The fourth-order valence-corrected chi connectivity index (χ4v) is 1.59. The normalized spacial score (nSPS) is 11.0. The van der Waals surface area contributed by atoms with Gasteiger partial charge in [0.15, 0.2) is 0 Å². The zero-order valence-electron chi connectivity index (χ0n) is 9.64. The highest BCUT2D eigenvalue weighted by Crippen LogP contribution is 2.19. The molecular formula is C12H25N. The van der Waals surface area contributed by atoms with Gasteiger partial charge in [0.05, 0.1) is 0 Å². The Hall–Kier alpha value is -0.300. The summed E-state index contributed by atoms with van der Waals surface area (Å²) >= 11 is 0. The van der Waals surface area contributed by atoms with Crippen molar-refractivity contribution in [1.82, 2.24) is 0 Å². The van der Waals surface area contributed by atoms with Crippen LogP contribution in [0.4, 0.5) is 0 Å². The molecule has 0 saturated heterocycles. The van der Waals surface area contributed by atoms with Gasteiger partial charge in [-0.1, -0.05) is 39.3 Å². The molecule has 0 unspecified atom stereocenters. The van der Waals surface area contributed by atoms with Crippen LogP contribution in [0.15, 0.2) is 11.6 Å². The Balaban J connectivity index is 4.02. The minimum Gasteiger partial charge on any atom is -0.330 e. The molecule has 0 aromatic heterocycles. The number of nitrogens with two attached hydrogens (primary N) is 1. The highest BCUT2D eigenvalue weighted by molar-refractivity contribution is 5.03. The highest BCUT2D eigenvalue weighted by atomic mass is 14.5. The maximum atomic E-state index is 5.49. The van der Waals surface area contributed by atoms with Crippen LogP contribution < -0.4 is 5.73 Å². The van der Waals surface area contributed by atoms with Crippen molar-refractivity contribution in [3.8, 4) is 0 Å². The zero-order valence-corrected chi connectivity index (χ0v) is 9.64. The van der Waals surface area contributed by atoms with Gasteiger partial charge in [0.1, 0.15) is 0 Å². The molecule has 0 aliphatic heterocycles. The van der Waals surface area contributed by atoms with Crippen LogP contribution in [0.1, 0.15) is 47.0 Å². The Morgan fingerprint density at radius 1 is 1.08 bits per heavy atom. The van der Waals surface area contributed by atoms with Gasteiger partial charge >= 0.3 is 0 Å². The zero-order chi connectivity index (χ0) is 10.3. The predicted octanol–water partition coefficient (Wildman–Crippen LogP) is 3.35. The van der Waals surface area contributed by atoms with Crippen molar-refractivity contribution < 1.29 is 0 Å². The summed E-state index contributed by atoms with van der Waals surface area (Å²) in [5.74, 6) is 1.53. The molecule has 0 saturated carbocycles. The van der Waals surface area contributed by atoms with Crippen molar-refractivity contribution in [2.75, 3.05) is 6.54 Å². The van der Waals surface area contributed by atoms with Crippen molar-refractivity contribution in [3.05, 3.63) is 11.6 Å². The summed E-state index contributed by atoms with van der Waals surface area (Å²) in [6, 6.07) is 0. The van der Waals surface area contributed by atoms with E-state index in [0.717, 1.165) is 24.8 Å². The Morgan fingerprint density at radius 3 is 1.85 bits per heavy atom. The molecule has 1 heteroatoms. The van der Waals surface area contributed by atoms with E-state index in [-0.39, 0.29) is 0 Å². The largest absolute Gasteiger partial charge is 0.330 e. The molecule has 2 N–H and O–H groups in total. The van der Waals surface area contributed by atoms with E-state index in [1.807, 2.05) is 0 Å². The third kappa shape index (κ3) is 8.04. The molecule has 0 amide bonds. The molecule has 0 spiro atoms. The first kappa shape index (κ1) is 12.7. The minimum atomic E-state index is 0.766. The van der Waals surface area contributed by atoms with Gasteiger partial charge in [-0.2, -0.15) is 0 Å². The van der Waals surface area contributed by atoms with Gasteiger partial charge in [0, 0.05) is 0 Å². The van der Waals surface area contributed by atoms with E-state index >= 15 is 0 Å². The van der Waals surface area contributed by atoms with Crippen LogP contribution in [-0.4, -0.2) is 6.54 Å². The van der Waals surface area contributed by atoms with Crippen molar-refractivity contribution >= 4 is 0 Å². The topological polar surface area (TPSA) is 26.0 Å². The molecule has 0 aromatic carbocycles. The van der Waals surface area contributed by atoms with Gasteiger partial charge < -0.3 is 5.73 Å². The van der Waals surface area contributed by atoms with Crippen molar-refractivity contribution in [1.29, 1.82) is 0 Å². The van der Waals surface area contributed by atoms with Gasteiger partial charge in [-0.05, 0) is 37.6 Å². The lowest BCUT2D eigenvalue weighted by atomic mass is 9.94. The summed E-state index contributed by atoms with van der Waals surface area (Å²) < 4.78 is 0. The van der Waals surface area contributed by atoms with E-state index in [9.17, 15) is 0 Å². The Kier molecular flexibility index (Phi) is 6.97. The first-order valence-corrected chi connectivity index (χ1v) is 5.44. The summed E-state index contributed by atoms with van der Waals surface area (Å²) in [4.78, 5) is 0. The molecule has 0 atom stereocenters. The highest BCUT2D eigenvalue weighted by Gasteiger charge is 2.03. The molecule has 0 rings (SSSR count). The minimum absolute atomic E-state index is 0.766. The summed E-state index contributed by atoms with van der Waals surface area (Å²) in [6.45, 7) is 9.88. The van der Waals surface area contributed by atoms with Crippen LogP contribution in [0.3, 0.4) is 0 Å². The van der Waals surface area contributed by atoms with Crippen molar-refractivity contribution in [3.63, 3.8) is 0 Å². The maximum Gasteiger partial charge on any atom is -0.00425 e. The molecule has 0 bridgehead atoms. The fourth-order valence-electron chi connectivity index (χ4n) is 1.59. The summed E-state index contributed by atoms with van der Waals surface area (Å²) in [7, 11) is 0. The SMILES string of the molecule is CC(C)CC(=CCCN)CC(C)C. The summed E-state index contributed by atoms with van der Waals surface area (Å²) in [5.41, 5.74) is 7.09. The van der Waals surface area contributed by atoms with E-state index in [1.165, 1.54) is 12.8 Å². The van der Waals surface area contributed by atoms with Gasteiger partial charge in [-0.3, -0.25) is 0 Å². The molecule has 0 fully saturated rings. The second kappa shape index (κ2) is 7.14. The van der Waals surface area contributed by atoms with Crippen LogP contribution in [0.5, 0.6) is 0 Å². The molecule has 13 heavy (non-hydrogen) atoms. The monoisotopic (exact) mass is 183 g/mol. The van der Waals surface area contributed by atoms with E-state index < -0.39 is 0 Å². The number of rotatable bonds is 6. The van der Waals surface area contributed by atoms with E-state index in [1.54, 1.807) is 5.57 Å². The van der Waals surface area contributed by atoms with Gasteiger partial charge in [-0.15, -0.1) is 0 Å². The van der Waals surface area contributed by atoms with Crippen LogP contribution >= 0.6 is 0 Å². The molecular weight excluding hydrogens is 158 g/mol. The second-order valence-electron chi connectivity index (χ2n) is 4.64. The predicted molar refractivity (Wildman–Crippen MR) is 60.7 cm³/mol. The standard InChI is InChI=1S/C12H25N/c1-10(2)8-12(6-5-7-13)9-11(3)4/h6,10-11H,5,7-9,13H2,1-4H3. The lowest BCUT2D eigenvalue weighted by molar-refractivity contribution is 0.568. The average Bonchev–Trinajstić information content (AvgIpc) is 1.98. The second-order valence-corrected chi connectivity index (χ2v) is 4.64. The fraction of sp³-hybridized carbons (Fsp3) is 0.833. The lowest BCUT2D eigenvalue weighted by Crippen LogP contribution is -2.00. The molecule has 0 heterocycles. The Labute approximate surface area is 83.4 Å². The summed E-state index contributed by atoms with van der Waals surface area (Å²) in [5, 5.41) is 0. The Bertz CT molecular complexity index is 133. The van der Waals surface area contributed by atoms with E-state index in [4.69, 9.17) is 5.73 Å². The van der Waals surface area contributed by atoms with Crippen molar-refractivity contribution in [2.24, 2.45) is 17.6 Å². The third-order valence-electron chi connectivity index (χ3n) is 1.94. The van der Waals surface area contributed by atoms with Crippen LogP contribution in [0.25, 0.3) is 0 Å². The molecule has 0 aromatic rings. The molecule has 1 nitrogen and oxygen atoms in total. The van der Waals surface area contributed by atoms with E-state index in [0.29, 0.717) is 0 Å². The van der Waals surface area contributed by atoms with Crippen LogP contribution in [0, 0.1) is 11.8 Å². The molecule has 0 aliphatic rings. The van der Waals surface area contributed by atoms with Crippen LogP contribution in [-0.2, 0) is 0 Å². The first-order chi connectivity index (χ1) is 6.06. The molecule has 78 valence electrons. The quantitative estimate of drug-likeness (QED) is 0.628. The van der Waals surface area contributed by atoms with E-state index in [2.05, 4.69) is 33.8 Å². The smallest absolute Gasteiger partial charge is 0.00425 e. The molecule has 0 aliphatic carbocycles. The maximum absolute atomic E-state index is 5.49. The van der Waals surface area contributed by atoms with Gasteiger partial charge in [0.2, 0.25) is 0 Å². The van der Waals surface area contributed by atoms with Gasteiger partial charge in [-0.25, -0.2) is 0 Å².